The molecule has 23 heavy (non-hydrogen) atoms. The number of nitrogens with zero attached hydrogens (tertiary/aromatic N) is 1. The quantitative estimate of drug-likeness (QED) is 0.554. The number of rotatable bonds is 6. The van der Waals surface area contributed by atoms with Gasteiger partial charge in [0.15, 0.2) is 6.10 Å². The van der Waals surface area contributed by atoms with Crippen molar-refractivity contribution in [3.63, 3.8) is 0 Å². The summed E-state index contributed by atoms with van der Waals surface area (Å²) in [5, 5.41) is 2.35. The first-order valence-corrected chi connectivity index (χ1v) is 8.63. The zero-order valence-corrected chi connectivity index (χ0v) is 15.4. The first-order valence-electron chi connectivity index (χ1n) is 6.40. The van der Waals surface area contributed by atoms with Crippen molar-refractivity contribution in [3.8, 4) is 0 Å². The van der Waals surface area contributed by atoms with Gasteiger partial charge in [0, 0.05) is 18.6 Å². The van der Waals surface area contributed by atoms with Crippen LogP contribution in [0.15, 0.2) is 27.6 Å². The van der Waals surface area contributed by atoms with Gasteiger partial charge in [-0.25, -0.2) is 13.2 Å². The third kappa shape index (κ3) is 4.50. The van der Waals surface area contributed by atoms with Crippen molar-refractivity contribution in [2.75, 3.05) is 21.2 Å². The molecule has 1 N–H and O–H groups in total. The minimum atomic E-state index is -3.91. The molecule has 0 unspecified atom stereocenters. The first-order chi connectivity index (χ1) is 10.6. The van der Waals surface area contributed by atoms with E-state index >= 15 is 0 Å². The van der Waals surface area contributed by atoms with E-state index in [0.29, 0.717) is 8.94 Å². The summed E-state index contributed by atoms with van der Waals surface area (Å²) < 4.78 is 30.4. The standard InChI is InChI=1S/C13H17BrN2O6S/c1-8(12(17)15-2)22-13(18)10-7-9(5-6-11(10)14)23(19,20)16(3)21-4/h5-8H,1-4H3,(H,15,17)/t8-/m1/s1. The van der Waals surface area contributed by atoms with Crippen LogP contribution in [-0.4, -0.2) is 52.1 Å². The molecular weight excluding hydrogens is 392 g/mol. The Kier molecular flexibility index (Phi) is 6.69. The maximum atomic E-state index is 12.2. The average Bonchev–Trinajstić information content (AvgIpc) is 2.52. The largest absolute Gasteiger partial charge is 0.449 e. The summed E-state index contributed by atoms with van der Waals surface area (Å²) in [6.45, 7) is 1.41. The van der Waals surface area contributed by atoms with Crippen molar-refractivity contribution < 1.29 is 27.6 Å². The van der Waals surface area contributed by atoms with Crippen LogP contribution in [0.3, 0.4) is 0 Å². The minimum Gasteiger partial charge on any atom is -0.449 e. The number of likely N-dealkylation sites (N-methyl/N-ethyl adjacent to an activating group) is 1. The third-order valence-electron chi connectivity index (χ3n) is 2.95. The number of hydrogen-bond donors (Lipinski definition) is 1. The molecule has 0 aliphatic carbocycles. The zero-order chi connectivity index (χ0) is 17.8. The van der Waals surface area contributed by atoms with Crippen LogP contribution in [0.1, 0.15) is 17.3 Å². The molecule has 0 aliphatic rings. The van der Waals surface area contributed by atoms with Gasteiger partial charge in [-0.1, -0.05) is 4.47 Å². The van der Waals surface area contributed by atoms with Crippen molar-refractivity contribution >= 4 is 37.8 Å². The summed E-state index contributed by atoms with van der Waals surface area (Å²) >= 11 is 3.15. The topological polar surface area (TPSA) is 102 Å². The molecule has 0 aliphatic heterocycles. The lowest BCUT2D eigenvalue weighted by Crippen LogP contribution is -2.33. The van der Waals surface area contributed by atoms with E-state index in [1.54, 1.807) is 0 Å². The summed E-state index contributed by atoms with van der Waals surface area (Å²) in [4.78, 5) is 28.1. The molecule has 1 rings (SSSR count). The Morgan fingerprint density at radius 2 is 1.96 bits per heavy atom. The van der Waals surface area contributed by atoms with Gasteiger partial charge in [0.25, 0.3) is 15.9 Å². The summed E-state index contributed by atoms with van der Waals surface area (Å²) in [7, 11) is -0.0648. The molecule has 0 heterocycles. The van der Waals surface area contributed by atoms with Crippen LogP contribution in [0.2, 0.25) is 0 Å². The Bertz CT molecular complexity index is 706. The number of benzene rings is 1. The van der Waals surface area contributed by atoms with Gasteiger partial charge >= 0.3 is 5.97 Å². The summed E-state index contributed by atoms with van der Waals surface area (Å²) in [6, 6.07) is 3.86. The molecule has 128 valence electrons. The third-order valence-corrected chi connectivity index (χ3v) is 5.32. The van der Waals surface area contributed by atoms with E-state index in [2.05, 4.69) is 26.1 Å². The lowest BCUT2D eigenvalue weighted by Gasteiger charge is -2.16. The maximum absolute atomic E-state index is 12.2. The molecule has 10 heteroatoms. The highest BCUT2D eigenvalue weighted by atomic mass is 79.9. The van der Waals surface area contributed by atoms with E-state index in [1.165, 1.54) is 40.3 Å². The fraction of sp³-hybridized carbons (Fsp3) is 0.385. The number of carbonyl (C=O) groups is 2. The number of carbonyl (C=O) groups excluding carboxylic acids is 2. The van der Waals surface area contributed by atoms with Gasteiger partial charge in [-0.2, -0.15) is 0 Å². The fourth-order valence-corrected chi connectivity index (χ4v) is 2.96. The highest BCUT2D eigenvalue weighted by molar-refractivity contribution is 9.10. The molecule has 0 spiro atoms. The molecule has 0 saturated carbocycles. The van der Waals surface area contributed by atoms with Gasteiger partial charge in [-0.3, -0.25) is 9.63 Å². The molecule has 1 aromatic carbocycles. The van der Waals surface area contributed by atoms with E-state index in [4.69, 9.17) is 4.74 Å². The van der Waals surface area contributed by atoms with Gasteiger partial charge in [0.05, 0.1) is 17.6 Å². The molecule has 1 atom stereocenters. The van der Waals surface area contributed by atoms with Crippen LogP contribution in [0.25, 0.3) is 0 Å². The lowest BCUT2D eigenvalue weighted by atomic mass is 10.2. The number of sulfonamides is 1. The Morgan fingerprint density at radius 1 is 1.35 bits per heavy atom. The predicted molar refractivity (Wildman–Crippen MR) is 85.0 cm³/mol. The first kappa shape index (κ1) is 19.6. The molecule has 1 aromatic rings. The van der Waals surface area contributed by atoms with Gasteiger partial charge in [0.1, 0.15) is 0 Å². The number of ether oxygens (including phenoxy) is 1. The molecule has 0 fully saturated rings. The second-order valence-electron chi connectivity index (χ2n) is 4.40. The van der Waals surface area contributed by atoms with Crippen molar-refractivity contribution in [2.24, 2.45) is 0 Å². The van der Waals surface area contributed by atoms with Gasteiger partial charge in [0.2, 0.25) is 0 Å². The molecule has 8 nitrogen and oxygen atoms in total. The zero-order valence-electron chi connectivity index (χ0n) is 13.0. The average molecular weight is 409 g/mol. The molecule has 1 amide bonds. The number of hydroxylamine groups is 1. The Labute approximate surface area is 142 Å². The van der Waals surface area contributed by atoms with Crippen molar-refractivity contribution in [1.82, 2.24) is 9.79 Å². The van der Waals surface area contributed by atoms with Crippen LogP contribution in [0.5, 0.6) is 0 Å². The van der Waals surface area contributed by atoms with Gasteiger partial charge in [-0.15, -0.1) is 0 Å². The second kappa shape index (κ2) is 7.86. The maximum Gasteiger partial charge on any atom is 0.340 e. The minimum absolute atomic E-state index is 0.0219. The SMILES string of the molecule is CNC(=O)[C@@H](C)OC(=O)c1cc(S(=O)(=O)N(C)OC)ccc1Br. The smallest absolute Gasteiger partial charge is 0.340 e. The molecule has 0 saturated heterocycles. The Hall–Kier alpha value is -1.49. The van der Waals surface area contributed by atoms with E-state index < -0.39 is 28.0 Å². The number of hydrogen-bond acceptors (Lipinski definition) is 6. The van der Waals surface area contributed by atoms with E-state index in [9.17, 15) is 18.0 Å². The summed E-state index contributed by atoms with van der Waals surface area (Å²) in [6.07, 6.45) is -1.01. The molecule has 0 bridgehead atoms. The van der Waals surface area contributed by atoms with Crippen LogP contribution in [0.4, 0.5) is 0 Å². The van der Waals surface area contributed by atoms with Crippen LogP contribution < -0.4 is 5.32 Å². The van der Waals surface area contributed by atoms with Crippen molar-refractivity contribution in [3.05, 3.63) is 28.2 Å². The number of amides is 1. The molecule has 0 radical (unpaired) electrons. The summed E-state index contributed by atoms with van der Waals surface area (Å²) in [5.41, 5.74) is -0.0219. The van der Waals surface area contributed by atoms with E-state index in [1.807, 2.05) is 0 Å². The highest BCUT2D eigenvalue weighted by Crippen LogP contribution is 2.24. The molecule has 0 aromatic heterocycles. The predicted octanol–water partition coefficient (Wildman–Crippen LogP) is 0.922. The Balaban J connectivity index is 3.16. The Morgan fingerprint density at radius 3 is 2.48 bits per heavy atom. The number of halogens is 1. The van der Waals surface area contributed by atoms with Crippen LogP contribution >= 0.6 is 15.9 Å². The second-order valence-corrected chi connectivity index (χ2v) is 7.19. The van der Waals surface area contributed by atoms with Gasteiger partial charge in [-0.05, 0) is 41.1 Å². The van der Waals surface area contributed by atoms with E-state index in [-0.39, 0.29) is 10.5 Å². The molecular formula is C13H17BrN2O6S. The monoisotopic (exact) mass is 408 g/mol. The lowest BCUT2D eigenvalue weighted by molar-refractivity contribution is -0.128. The summed E-state index contributed by atoms with van der Waals surface area (Å²) in [5.74, 6) is -1.30. The van der Waals surface area contributed by atoms with Gasteiger partial charge < -0.3 is 10.1 Å². The number of esters is 1. The van der Waals surface area contributed by atoms with E-state index in [0.717, 1.165) is 6.07 Å². The number of nitrogens with one attached hydrogen (secondary N) is 1. The normalized spacial score (nSPS) is 12.8. The van der Waals surface area contributed by atoms with Crippen LogP contribution in [0, 0.1) is 0 Å². The van der Waals surface area contributed by atoms with Crippen molar-refractivity contribution in [1.29, 1.82) is 0 Å². The fourth-order valence-electron chi connectivity index (χ4n) is 1.55. The van der Waals surface area contributed by atoms with Crippen LogP contribution in [-0.2, 0) is 24.4 Å². The highest BCUT2D eigenvalue weighted by Gasteiger charge is 2.25. The van der Waals surface area contributed by atoms with Crippen molar-refractivity contribution in [2.45, 2.75) is 17.9 Å².